The maximum absolute atomic E-state index is 12.9. The number of esters is 1. The van der Waals surface area contributed by atoms with Gasteiger partial charge in [0.05, 0.1) is 31.1 Å². The first-order valence-electron chi connectivity index (χ1n) is 19.1. The van der Waals surface area contributed by atoms with Crippen LogP contribution in [-0.2, 0) is 43.2 Å². The molecular weight excluding hydrogens is 690 g/mol. The van der Waals surface area contributed by atoms with Crippen LogP contribution in [0, 0.1) is 0 Å². The Bertz CT molecular complexity index is 1750. The van der Waals surface area contributed by atoms with Crippen LogP contribution in [0.1, 0.15) is 109 Å². The zero-order chi connectivity index (χ0) is 38.5. The summed E-state index contributed by atoms with van der Waals surface area (Å²) in [5, 5.41) is 14.1. The summed E-state index contributed by atoms with van der Waals surface area (Å²) in [6.07, 6.45) is 9.85. The lowest BCUT2D eigenvalue weighted by Gasteiger charge is -2.18. The first-order valence-corrected chi connectivity index (χ1v) is 19.1. The Balaban J connectivity index is 1.05. The van der Waals surface area contributed by atoms with Crippen LogP contribution < -0.4 is 15.4 Å². The molecule has 290 valence electrons. The Hall–Kier alpha value is -5.17. The first-order chi connectivity index (χ1) is 26.2. The number of aromatic nitrogens is 3. The molecule has 0 aliphatic heterocycles. The molecule has 3 aromatic rings. The smallest absolute Gasteiger partial charge is 0.338 e. The normalized spacial score (nSPS) is 12.1. The fourth-order valence-corrected chi connectivity index (χ4v) is 5.84. The van der Waals surface area contributed by atoms with Gasteiger partial charge in [0, 0.05) is 63.7 Å². The van der Waals surface area contributed by atoms with E-state index in [2.05, 4.69) is 27.9 Å². The maximum atomic E-state index is 12.9. The Kier molecular flexibility index (Phi) is 17.6. The van der Waals surface area contributed by atoms with Crippen LogP contribution in [-0.4, -0.2) is 83.9 Å². The number of carbonyl (C=O) groups excluding carboxylic acids is 5. The van der Waals surface area contributed by atoms with E-state index in [9.17, 15) is 24.0 Å². The molecule has 1 aromatic heterocycles. The van der Waals surface area contributed by atoms with Gasteiger partial charge in [0.2, 0.25) is 11.8 Å². The molecule has 0 spiro atoms. The third-order valence-electron chi connectivity index (χ3n) is 8.80. The summed E-state index contributed by atoms with van der Waals surface area (Å²) in [7, 11) is 0. The van der Waals surface area contributed by atoms with Crippen molar-refractivity contribution in [2.45, 2.75) is 91.0 Å². The fourth-order valence-electron chi connectivity index (χ4n) is 5.84. The fraction of sp³-hybridized carbons (Fsp3) is 0.488. The summed E-state index contributed by atoms with van der Waals surface area (Å²) in [6, 6.07) is 12.8. The highest BCUT2D eigenvalue weighted by Crippen LogP contribution is 2.30. The Morgan fingerprint density at radius 3 is 2.48 bits per heavy atom. The molecule has 0 atom stereocenters. The zero-order valence-corrected chi connectivity index (χ0v) is 31.5. The maximum Gasteiger partial charge on any atom is 0.338 e. The quantitative estimate of drug-likeness (QED) is 0.0865. The van der Waals surface area contributed by atoms with E-state index in [0.29, 0.717) is 81.8 Å². The van der Waals surface area contributed by atoms with Crippen LogP contribution >= 0.6 is 0 Å². The molecule has 2 aromatic carbocycles. The summed E-state index contributed by atoms with van der Waals surface area (Å²) in [5.41, 5.74) is 4.42. The average molecular weight is 744 g/mol. The van der Waals surface area contributed by atoms with Crippen molar-refractivity contribution in [2.24, 2.45) is 0 Å². The molecule has 0 unspecified atom stereocenters. The molecule has 0 bridgehead atoms. The van der Waals surface area contributed by atoms with E-state index in [-0.39, 0.29) is 55.9 Å². The number of fused-ring (bicyclic) bond motifs is 1. The number of unbranched alkanes of at least 4 members (excludes halogenated alkanes) is 1. The van der Waals surface area contributed by atoms with Gasteiger partial charge in [-0.2, -0.15) is 0 Å². The second-order valence-corrected chi connectivity index (χ2v) is 13.2. The average Bonchev–Trinajstić information content (AvgIpc) is 3.63. The van der Waals surface area contributed by atoms with Crippen LogP contribution in [0.15, 0.2) is 54.7 Å². The third kappa shape index (κ3) is 14.3. The Morgan fingerprint density at radius 1 is 0.852 bits per heavy atom. The predicted molar refractivity (Wildman–Crippen MR) is 203 cm³/mol. The van der Waals surface area contributed by atoms with Crippen molar-refractivity contribution < 1.29 is 38.2 Å². The van der Waals surface area contributed by atoms with Crippen molar-refractivity contribution in [3.63, 3.8) is 0 Å². The molecule has 1 aliphatic carbocycles. The molecule has 13 heteroatoms. The van der Waals surface area contributed by atoms with E-state index < -0.39 is 5.97 Å². The minimum absolute atomic E-state index is 0.0465. The number of hydrogen-bond acceptors (Lipinski definition) is 10. The summed E-state index contributed by atoms with van der Waals surface area (Å²) in [5.74, 6) is 0.00812. The molecule has 54 heavy (non-hydrogen) atoms. The summed E-state index contributed by atoms with van der Waals surface area (Å²) in [6.45, 7) is 7.04. The molecule has 4 rings (SSSR count). The topological polar surface area (TPSA) is 168 Å². The summed E-state index contributed by atoms with van der Waals surface area (Å²) < 4.78 is 18.4. The number of nitrogens with one attached hydrogen (secondary N) is 2. The molecule has 13 nitrogen and oxygen atoms in total. The summed E-state index contributed by atoms with van der Waals surface area (Å²) >= 11 is 0. The number of rotatable bonds is 25. The molecule has 1 aliphatic rings. The van der Waals surface area contributed by atoms with Crippen LogP contribution in [0.2, 0.25) is 0 Å². The van der Waals surface area contributed by atoms with Crippen molar-refractivity contribution in [3.8, 4) is 5.75 Å². The van der Waals surface area contributed by atoms with Gasteiger partial charge in [-0.15, -0.1) is 5.10 Å². The lowest BCUT2D eigenvalue weighted by atomic mass is 9.86. The van der Waals surface area contributed by atoms with E-state index in [4.69, 9.17) is 14.2 Å². The van der Waals surface area contributed by atoms with E-state index in [0.717, 1.165) is 41.7 Å². The van der Waals surface area contributed by atoms with Crippen molar-refractivity contribution in [1.82, 2.24) is 25.6 Å². The zero-order valence-electron chi connectivity index (χ0n) is 31.5. The molecule has 0 saturated carbocycles. The van der Waals surface area contributed by atoms with Gasteiger partial charge < -0.3 is 24.8 Å². The van der Waals surface area contributed by atoms with Gasteiger partial charge in [0.15, 0.2) is 5.78 Å². The van der Waals surface area contributed by atoms with Crippen LogP contribution in [0.25, 0.3) is 5.57 Å². The highest BCUT2D eigenvalue weighted by molar-refractivity contribution is 6.12. The van der Waals surface area contributed by atoms with Gasteiger partial charge in [0.25, 0.3) is 0 Å². The highest BCUT2D eigenvalue weighted by atomic mass is 16.5. The molecule has 2 N–H and O–H groups in total. The molecule has 0 saturated heterocycles. The second-order valence-electron chi connectivity index (χ2n) is 13.2. The number of amides is 2. The van der Waals surface area contributed by atoms with Crippen LogP contribution in [0.4, 0.5) is 0 Å². The number of hydrogen-bond donors (Lipinski definition) is 2. The largest absolute Gasteiger partial charge is 0.494 e. The Labute approximate surface area is 317 Å². The number of aryl methyl sites for hydroxylation is 2. The first kappa shape index (κ1) is 41.6. The summed E-state index contributed by atoms with van der Waals surface area (Å²) in [4.78, 5) is 60.8. The SMILES string of the molecule is CCCCNC(=O)CCC(=O)CCCOCCC(=O)NCCCn1cc(CCCOc2cccc(C3=CC(=O)c4cc(C(=O)OCC)ccc4C3)c2)nn1. The number of allylic oxidation sites excluding steroid dienone is 2. The number of Topliss-reactive ketones (excluding diaryl/α,β-unsaturated/α-hetero) is 1. The van der Waals surface area contributed by atoms with Crippen LogP contribution in [0.5, 0.6) is 5.75 Å². The lowest BCUT2D eigenvalue weighted by molar-refractivity contribution is -0.125. The van der Waals surface area contributed by atoms with Gasteiger partial charge in [0.1, 0.15) is 11.5 Å². The number of ketones is 2. The number of benzene rings is 2. The minimum atomic E-state index is -0.437. The highest BCUT2D eigenvalue weighted by Gasteiger charge is 2.21. The lowest BCUT2D eigenvalue weighted by Crippen LogP contribution is -2.26. The van der Waals surface area contributed by atoms with Gasteiger partial charge in [-0.3, -0.25) is 23.9 Å². The molecule has 0 radical (unpaired) electrons. The minimum Gasteiger partial charge on any atom is -0.494 e. The van der Waals surface area contributed by atoms with Crippen molar-refractivity contribution in [1.29, 1.82) is 0 Å². The third-order valence-corrected chi connectivity index (χ3v) is 8.80. The van der Waals surface area contributed by atoms with Crippen molar-refractivity contribution >= 4 is 34.9 Å². The number of carbonyl (C=O) groups is 5. The van der Waals surface area contributed by atoms with E-state index in [1.165, 1.54) is 0 Å². The van der Waals surface area contributed by atoms with Crippen molar-refractivity contribution in [3.05, 3.63) is 82.7 Å². The Morgan fingerprint density at radius 2 is 1.67 bits per heavy atom. The number of ether oxygens (including phenoxy) is 3. The van der Waals surface area contributed by atoms with Crippen LogP contribution in [0.3, 0.4) is 0 Å². The second kappa shape index (κ2) is 22.8. The van der Waals surface area contributed by atoms with Gasteiger partial charge in [-0.25, -0.2) is 4.79 Å². The molecule has 2 amide bonds. The predicted octanol–water partition coefficient (Wildman–Crippen LogP) is 5.25. The molecule has 1 heterocycles. The van der Waals surface area contributed by atoms with E-state index in [1.807, 2.05) is 36.5 Å². The standard InChI is InChI=1S/C41H53N5O8/c1-3-5-19-42-39(49)17-16-35(47)12-8-22-52-24-18-40(50)43-20-9-21-46-29-34(44-45-46)11-7-23-54-36-13-6-10-30(26-36)33-25-31-14-15-32(41(51)53-4-2)27-37(31)38(48)28-33/h6,10,13-15,26-29H,3-5,7-9,11-12,16-25H2,1-2H3,(H,42,49)(H,43,50). The van der Waals surface area contributed by atoms with Gasteiger partial charge >= 0.3 is 5.97 Å². The van der Waals surface area contributed by atoms with Gasteiger partial charge in [-0.05, 0) is 92.5 Å². The van der Waals surface area contributed by atoms with Gasteiger partial charge in [-0.1, -0.05) is 36.8 Å². The molecule has 0 fully saturated rings. The number of nitrogens with zero attached hydrogens (tertiary/aromatic N) is 3. The molecular formula is C41H53N5O8. The monoisotopic (exact) mass is 743 g/mol. The van der Waals surface area contributed by atoms with Crippen molar-refractivity contribution in [2.75, 3.05) is 39.5 Å². The van der Waals surface area contributed by atoms with E-state index in [1.54, 1.807) is 29.8 Å². The van der Waals surface area contributed by atoms with E-state index >= 15 is 0 Å².